The largest absolute Gasteiger partial charge is 0.481 e. The second kappa shape index (κ2) is 2.86. The summed E-state index contributed by atoms with van der Waals surface area (Å²) in [4.78, 5) is 10.5. The Labute approximate surface area is 60.6 Å². The first-order valence-corrected chi connectivity index (χ1v) is 3.65. The van der Waals surface area contributed by atoms with Crippen molar-refractivity contribution in [3.63, 3.8) is 0 Å². The molecule has 0 aromatic heterocycles. The van der Waals surface area contributed by atoms with Crippen LogP contribution in [0.2, 0.25) is 0 Å². The third-order valence-corrected chi connectivity index (χ3v) is 2.08. The molecule has 0 saturated heterocycles. The Bertz CT molecular complexity index is 161. The van der Waals surface area contributed by atoms with Gasteiger partial charge >= 0.3 is 5.97 Å². The molecule has 2 atom stereocenters. The topological polar surface area (TPSA) is 37.3 Å². The van der Waals surface area contributed by atoms with Crippen LogP contribution < -0.4 is 0 Å². The highest BCUT2D eigenvalue weighted by molar-refractivity contribution is 5.71. The summed E-state index contributed by atoms with van der Waals surface area (Å²) in [6.45, 7) is 2.02. The molecule has 1 aliphatic rings. The van der Waals surface area contributed by atoms with E-state index in [0.29, 0.717) is 6.42 Å². The maximum Gasteiger partial charge on any atom is 0.307 e. The molecule has 0 aliphatic heterocycles. The van der Waals surface area contributed by atoms with E-state index in [2.05, 4.69) is 0 Å². The van der Waals surface area contributed by atoms with Gasteiger partial charge in [0.15, 0.2) is 0 Å². The zero-order chi connectivity index (χ0) is 7.56. The fourth-order valence-corrected chi connectivity index (χ4v) is 1.41. The van der Waals surface area contributed by atoms with Crippen molar-refractivity contribution in [2.24, 2.45) is 11.8 Å². The van der Waals surface area contributed by atoms with Crippen molar-refractivity contribution in [1.29, 1.82) is 0 Å². The van der Waals surface area contributed by atoms with Crippen LogP contribution in [-0.2, 0) is 4.79 Å². The van der Waals surface area contributed by atoms with Gasteiger partial charge in [-0.1, -0.05) is 19.1 Å². The van der Waals surface area contributed by atoms with E-state index in [0.717, 1.165) is 6.42 Å². The van der Waals surface area contributed by atoms with Gasteiger partial charge in [0.2, 0.25) is 0 Å². The lowest BCUT2D eigenvalue weighted by Gasteiger charge is -2.11. The van der Waals surface area contributed by atoms with Gasteiger partial charge in [0.1, 0.15) is 0 Å². The predicted octanol–water partition coefficient (Wildman–Crippen LogP) is 1.67. The number of carbonyl (C=O) groups is 1. The minimum absolute atomic E-state index is 0.148. The van der Waals surface area contributed by atoms with Gasteiger partial charge in [0.25, 0.3) is 0 Å². The molecule has 0 spiro atoms. The van der Waals surface area contributed by atoms with Crippen molar-refractivity contribution in [3.8, 4) is 0 Å². The number of hydrogen-bond donors (Lipinski definition) is 1. The monoisotopic (exact) mass is 140 g/mol. The van der Waals surface area contributed by atoms with Gasteiger partial charge in [-0.2, -0.15) is 0 Å². The van der Waals surface area contributed by atoms with E-state index in [1.807, 2.05) is 19.1 Å². The summed E-state index contributed by atoms with van der Waals surface area (Å²) in [6.07, 6.45) is 5.63. The number of aliphatic carboxylic acids is 1. The van der Waals surface area contributed by atoms with Crippen LogP contribution in [0.15, 0.2) is 12.2 Å². The number of carboxylic acids is 1. The Morgan fingerprint density at radius 2 is 2.50 bits per heavy atom. The Kier molecular flexibility index (Phi) is 2.10. The Balaban J connectivity index is 2.56. The second-order valence-electron chi connectivity index (χ2n) is 2.68. The lowest BCUT2D eigenvalue weighted by atomic mass is 9.94. The first-order chi connectivity index (χ1) is 4.75. The summed E-state index contributed by atoms with van der Waals surface area (Å²) in [5.74, 6) is -0.528. The van der Waals surface area contributed by atoms with E-state index < -0.39 is 5.97 Å². The summed E-state index contributed by atoms with van der Waals surface area (Å²) in [6, 6.07) is 0. The fourth-order valence-electron chi connectivity index (χ4n) is 1.41. The molecule has 0 amide bonds. The molecular formula is C8H12O2. The zero-order valence-corrected chi connectivity index (χ0v) is 6.08. The summed E-state index contributed by atoms with van der Waals surface area (Å²) in [5.41, 5.74) is 0. The molecule has 0 saturated carbocycles. The zero-order valence-electron chi connectivity index (χ0n) is 6.08. The Morgan fingerprint density at radius 1 is 1.80 bits per heavy atom. The van der Waals surface area contributed by atoms with Crippen molar-refractivity contribution in [2.45, 2.75) is 19.8 Å². The van der Waals surface area contributed by atoms with Crippen LogP contribution >= 0.6 is 0 Å². The standard InChI is InChI=1S/C8H12O2/c1-2-6-4-3-5-7(6)8(9)10/h3-4,6-7H,2,5H2,1H3,(H,9,10). The van der Waals surface area contributed by atoms with Crippen LogP contribution in [0, 0.1) is 11.8 Å². The predicted molar refractivity (Wildman–Crippen MR) is 38.7 cm³/mol. The lowest BCUT2D eigenvalue weighted by Crippen LogP contribution is -2.17. The normalized spacial score (nSPS) is 30.9. The molecule has 10 heavy (non-hydrogen) atoms. The molecule has 2 heteroatoms. The average Bonchev–Trinajstić information content (AvgIpc) is 2.33. The highest BCUT2D eigenvalue weighted by Gasteiger charge is 2.27. The van der Waals surface area contributed by atoms with Gasteiger partial charge in [-0.15, -0.1) is 0 Å². The van der Waals surface area contributed by atoms with Gasteiger partial charge in [-0.3, -0.25) is 4.79 Å². The van der Waals surface area contributed by atoms with Crippen LogP contribution in [0.3, 0.4) is 0 Å². The van der Waals surface area contributed by atoms with Crippen LogP contribution in [0.1, 0.15) is 19.8 Å². The molecule has 1 N–H and O–H groups in total. The van der Waals surface area contributed by atoms with E-state index in [1.54, 1.807) is 0 Å². The average molecular weight is 140 g/mol. The number of hydrogen-bond acceptors (Lipinski definition) is 1. The van der Waals surface area contributed by atoms with Gasteiger partial charge in [0, 0.05) is 0 Å². The van der Waals surface area contributed by atoms with E-state index in [-0.39, 0.29) is 11.8 Å². The number of rotatable bonds is 2. The molecule has 1 aliphatic carbocycles. The van der Waals surface area contributed by atoms with Crippen LogP contribution in [0.4, 0.5) is 0 Å². The first kappa shape index (κ1) is 7.32. The molecule has 1 rings (SSSR count). The number of allylic oxidation sites excluding steroid dienone is 2. The molecule has 0 aromatic carbocycles. The third-order valence-electron chi connectivity index (χ3n) is 2.08. The van der Waals surface area contributed by atoms with Crippen molar-refractivity contribution in [2.75, 3.05) is 0 Å². The quantitative estimate of drug-likeness (QED) is 0.592. The Hall–Kier alpha value is -0.790. The van der Waals surface area contributed by atoms with Gasteiger partial charge in [-0.05, 0) is 18.8 Å². The number of carboxylic acid groups (broad SMARTS) is 1. The van der Waals surface area contributed by atoms with Crippen LogP contribution in [0.5, 0.6) is 0 Å². The van der Waals surface area contributed by atoms with Gasteiger partial charge in [0.05, 0.1) is 5.92 Å². The van der Waals surface area contributed by atoms with Crippen LogP contribution in [0.25, 0.3) is 0 Å². The summed E-state index contributed by atoms with van der Waals surface area (Å²) in [5, 5.41) is 8.67. The second-order valence-corrected chi connectivity index (χ2v) is 2.68. The maximum atomic E-state index is 10.5. The van der Waals surface area contributed by atoms with E-state index in [9.17, 15) is 4.79 Å². The molecule has 0 fully saturated rings. The molecule has 0 radical (unpaired) electrons. The highest BCUT2D eigenvalue weighted by atomic mass is 16.4. The third kappa shape index (κ3) is 1.20. The highest BCUT2D eigenvalue weighted by Crippen LogP contribution is 2.27. The Morgan fingerprint density at radius 3 is 2.90 bits per heavy atom. The fraction of sp³-hybridized carbons (Fsp3) is 0.625. The van der Waals surface area contributed by atoms with E-state index in [1.165, 1.54) is 0 Å². The van der Waals surface area contributed by atoms with E-state index in [4.69, 9.17) is 5.11 Å². The molecular weight excluding hydrogens is 128 g/mol. The first-order valence-electron chi connectivity index (χ1n) is 3.65. The van der Waals surface area contributed by atoms with Crippen molar-refractivity contribution in [1.82, 2.24) is 0 Å². The SMILES string of the molecule is CCC1C=CCC1C(=O)O. The summed E-state index contributed by atoms with van der Waals surface area (Å²) in [7, 11) is 0. The maximum absolute atomic E-state index is 10.5. The van der Waals surface area contributed by atoms with Crippen molar-refractivity contribution >= 4 is 5.97 Å². The molecule has 0 heterocycles. The molecule has 2 nitrogen and oxygen atoms in total. The van der Waals surface area contributed by atoms with Crippen LogP contribution in [-0.4, -0.2) is 11.1 Å². The molecule has 0 bridgehead atoms. The smallest absolute Gasteiger partial charge is 0.307 e. The molecule has 56 valence electrons. The molecule has 2 unspecified atom stereocenters. The van der Waals surface area contributed by atoms with Crippen molar-refractivity contribution < 1.29 is 9.90 Å². The van der Waals surface area contributed by atoms with E-state index >= 15 is 0 Å². The molecule has 0 aromatic rings. The minimum atomic E-state index is -0.656. The summed E-state index contributed by atoms with van der Waals surface area (Å²) < 4.78 is 0. The van der Waals surface area contributed by atoms with Crippen molar-refractivity contribution in [3.05, 3.63) is 12.2 Å². The lowest BCUT2D eigenvalue weighted by molar-refractivity contribution is -0.142. The van der Waals surface area contributed by atoms with Gasteiger partial charge in [-0.25, -0.2) is 0 Å². The minimum Gasteiger partial charge on any atom is -0.481 e. The summed E-state index contributed by atoms with van der Waals surface area (Å²) >= 11 is 0. The van der Waals surface area contributed by atoms with Gasteiger partial charge < -0.3 is 5.11 Å².